The lowest BCUT2D eigenvalue weighted by atomic mass is 9.92. The first-order chi connectivity index (χ1) is 12.3. The molecule has 0 saturated carbocycles. The Morgan fingerprint density at radius 3 is 2.56 bits per heavy atom. The van der Waals surface area contributed by atoms with Crippen LogP contribution in [0.3, 0.4) is 0 Å². The molecule has 144 valence electrons. The van der Waals surface area contributed by atoms with Crippen LogP contribution in [0.4, 0.5) is 0 Å². The summed E-state index contributed by atoms with van der Waals surface area (Å²) in [5.41, 5.74) is 0. The average molecular weight is 370 g/mol. The van der Waals surface area contributed by atoms with Gasteiger partial charge in [-0.05, 0) is 70.3 Å². The number of carbonyl (C=O) groups excluding carboxylic acids is 1. The van der Waals surface area contributed by atoms with Gasteiger partial charge < -0.3 is 14.5 Å². The number of amides is 1. The lowest BCUT2D eigenvalue weighted by Crippen LogP contribution is -2.52. The van der Waals surface area contributed by atoms with Crippen molar-refractivity contribution < 1.29 is 9.53 Å². The molecule has 3 aliphatic heterocycles. The molecule has 0 aromatic heterocycles. The van der Waals surface area contributed by atoms with Gasteiger partial charge in [-0.3, -0.25) is 9.69 Å². The molecule has 6 heteroatoms. The van der Waals surface area contributed by atoms with Gasteiger partial charge in [0.15, 0.2) is 0 Å². The molecule has 3 rings (SSSR count). The third-order valence-electron chi connectivity index (χ3n) is 6.02. The second-order valence-electron chi connectivity index (χ2n) is 7.69. The van der Waals surface area contributed by atoms with Gasteiger partial charge in [-0.1, -0.05) is 0 Å². The molecule has 1 atom stereocenters. The number of ether oxygens (including phenoxy) is 1. The Bertz CT molecular complexity index is 409. The van der Waals surface area contributed by atoms with Crippen molar-refractivity contribution in [3.63, 3.8) is 0 Å². The summed E-state index contributed by atoms with van der Waals surface area (Å²) < 4.78 is 5.39. The number of carbonyl (C=O) groups is 1. The summed E-state index contributed by atoms with van der Waals surface area (Å²) >= 11 is 1.95. The summed E-state index contributed by atoms with van der Waals surface area (Å²) in [6.07, 6.45) is 8.30. The highest BCUT2D eigenvalue weighted by Crippen LogP contribution is 2.25. The molecule has 0 aliphatic carbocycles. The van der Waals surface area contributed by atoms with Gasteiger partial charge in [-0.2, -0.15) is 11.8 Å². The summed E-state index contributed by atoms with van der Waals surface area (Å²) in [6, 6.07) is 0.692. The van der Waals surface area contributed by atoms with Gasteiger partial charge in [0.2, 0.25) is 5.91 Å². The second kappa shape index (κ2) is 10.1. The monoisotopic (exact) mass is 369 g/mol. The van der Waals surface area contributed by atoms with Crippen molar-refractivity contribution in [1.82, 2.24) is 14.7 Å². The molecule has 0 radical (unpaired) electrons. The Balaban J connectivity index is 1.43. The topological polar surface area (TPSA) is 36.0 Å². The van der Waals surface area contributed by atoms with E-state index in [4.69, 9.17) is 4.74 Å². The van der Waals surface area contributed by atoms with Gasteiger partial charge in [0.1, 0.15) is 0 Å². The van der Waals surface area contributed by atoms with Gasteiger partial charge in [-0.25, -0.2) is 0 Å². The molecule has 3 saturated heterocycles. The molecule has 3 heterocycles. The van der Waals surface area contributed by atoms with E-state index in [0.29, 0.717) is 25.2 Å². The van der Waals surface area contributed by atoms with E-state index in [9.17, 15) is 4.79 Å². The Kier molecular flexibility index (Phi) is 7.90. The molecular weight excluding hydrogens is 334 g/mol. The maximum absolute atomic E-state index is 12.8. The zero-order chi connectivity index (χ0) is 17.5. The van der Waals surface area contributed by atoms with Crippen molar-refractivity contribution in [2.45, 2.75) is 38.1 Å². The predicted octanol–water partition coefficient (Wildman–Crippen LogP) is 1.77. The molecule has 1 unspecified atom stereocenters. The lowest BCUT2D eigenvalue weighted by molar-refractivity contribution is -0.142. The van der Waals surface area contributed by atoms with Gasteiger partial charge >= 0.3 is 0 Å². The largest absolute Gasteiger partial charge is 0.378 e. The quantitative estimate of drug-likeness (QED) is 0.667. The first kappa shape index (κ1) is 19.5. The van der Waals surface area contributed by atoms with Crippen LogP contribution in [0, 0.1) is 5.92 Å². The molecular formula is C19H35N3O2S. The van der Waals surface area contributed by atoms with Gasteiger partial charge in [0, 0.05) is 25.7 Å². The average Bonchev–Trinajstić information content (AvgIpc) is 2.69. The Labute approximate surface area is 157 Å². The van der Waals surface area contributed by atoms with Crippen molar-refractivity contribution >= 4 is 17.7 Å². The van der Waals surface area contributed by atoms with Crippen LogP contribution < -0.4 is 0 Å². The Morgan fingerprint density at radius 2 is 1.84 bits per heavy atom. The van der Waals surface area contributed by atoms with E-state index in [1.807, 2.05) is 16.7 Å². The number of thioether (sulfide) groups is 1. The minimum Gasteiger partial charge on any atom is -0.378 e. The molecule has 1 amide bonds. The minimum atomic E-state index is 0.214. The maximum atomic E-state index is 12.8. The highest BCUT2D eigenvalue weighted by molar-refractivity contribution is 7.98. The first-order valence-electron chi connectivity index (χ1n) is 10.1. The molecule has 0 aromatic carbocycles. The van der Waals surface area contributed by atoms with Gasteiger partial charge in [-0.15, -0.1) is 0 Å². The lowest BCUT2D eigenvalue weighted by Gasteiger charge is -2.43. The van der Waals surface area contributed by atoms with Crippen LogP contribution in [-0.4, -0.2) is 97.7 Å². The summed E-state index contributed by atoms with van der Waals surface area (Å²) in [7, 11) is 0. The summed E-state index contributed by atoms with van der Waals surface area (Å²) in [6.45, 7) is 8.86. The van der Waals surface area contributed by atoms with E-state index in [-0.39, 0.29) is 5.92 Å². The van der Waals surface area contributed by atoms with Crippen LogP contribution >= 0.6 is 11.8 Å². The zero-order valence-corrected chi connectivity index (χ0v) is 16.6. The molecule has 5 nitrogen and oxygen atoms in total. The Morgan fingerprint density at radius 1 is 1.08 bits per heavy atom. The van der Waals surface area contributed by atoms with E-state index in [0.717, 1.165) is 26.1 Å². The van der Waals surface area contributed by atoms with Crippen LogP contribution in [0.2, 0.25) is 0 Å². The summed E-state index contributed by atoms with van der Waals surface area (Å²) in [4.78, 5) is 20.1. The SMILES string of the molecule is CSCCCN1CCC(N2CCCC(C(=O)N3CCOCC3)C2)CC1. The molecule has 25 heavy (non-hydrogen) atoms. The number of piperidine rings is 2. The predicted molar refractivity (Wildman–Crippen MR) is 104 cm³/mol. The van der Waals surface area contributed by atoms with E-state index in [2.05, 4.69) is 16.1 Å². The van der Waals surface area contributed by atoms with Crippen LogP contribution in [0.25, 0.3) is 0 Å². The number of hydrogen-bond donors (Lipinski definition) is 0. The standard InChI is InChI=1S/C19H35N3O2S/c1-25-15-3-7-20-9-5-18(6-10-20)22-8-2-4-17(16-22)19(23)21-11-13-24-14-12-21/h17-18H,2-16H2,1H3. The Hall–Kier alpha value is -0.300. The highest BCUT2D eigenvalue weighted by Gasteiger charge is 2.33. The fraction of sp³-hybridized carbons (Fsp3) is 0.947. The molecule has 0 N–H and O–H groups in total. The van der Waals surface area contributed by atoms with Crippen molar-refractivity contribution in [1.29, 1.82) is 0 Å². The summed E-state index contributed by atoms with van der Waals surface area (Å²) in [5, 5.41) is 0. The molecule has 3 aliphatic rings. The minimum absolute atomic E-state index is 0.214. The fourth-order valence-corrected chi connectivity index (χ4v) is 4.94. The van der Waals surface area contributed by atoms with Crippen LogP contribution in [0.5, 0.6) is 0 Å². The zero-order valence-electron chi connectivity index (χ0n) is 15.8. The van der Waals surface area contributed by atoms with E-state index >= 15 is 0 Å². The van der Waals surface area contributed by atoms with Crippen LogP contribution in [0.15, 0.2) is 0 Å². The number of likely N-dealkylation sites (tertiary alicyclic amines) is 2. The van der Waals surface area contributed by atoms with Crippen molar-refractivity contribution in [2.75, 3.05) is 71.0 Å². The summed E-state index contributed by atoms with van der Waals surface area (Å²) in [5.74, 6) is 1.87. The van der Waals surface area contributed by atoms with Crippen molar-refractivity contribution in [2.24, 2.45) is 5.92 Å². The number of nitrogens with zero attached hydrogens (tertiary/aromatic N) is 3. The van der Waals surface area contributed by atoms with E-state index in [1.165, 1.54) is 57.6 Å². The maximum Gasteiger partial charge on any atom is 0.227 e. The highest BCUT2D eigenvalue weighted by atomic mass is 32.2. The van der Waals surface area contributed by atoms with E-state index in [1.54, 1.807) is 0 Å². The van der Waals surface area contributed by atoms with Crippen LogP contribution in [-0.2, 0) is 9.53 Å². The number of rotatable bonds is 6. The molecule has 0 spiro atoms. The van der Waals surface area contributed by atoms with Crippen molar-refractivity contribution in [3.8, 4) is 0 Å². The number of hydrogen-bond acceptors (Lipinski definition) is 5. The fourth-order valence-electron chi connectivity index (χ4n) is 4.52. The van der Waals surface area contributed by atoms with Gasteiger partial charge in [0.05, 0.1) is 19.1 Å². The number of morpholine rings is 1. The first-order valence-corrected chi connectivity index (χ1v) is 11.5. The van der Waals surface area contributed by atoms with Gasteiger partial charge in [0.25, 0.3) is 0 Å². The molecule has 0 bridgehead atoms. The normalized spacial score (nSPS) is 27.6. The third kappa shape index (κ3) is 5.59. The van der Waals surface area contributed by atoms with Crippen molar-refractivity contribution in [3.05, 3.63) is 0 Å². The molecule has 3 fully saturated rings. The smallest absolute Gasteiger partial charge is 0.227 e. The van der Waals surface area contributed by atoms with E-state index < -0.39 is 0 Å². The van der Waals surface area contributed by atoms with Crippen LogP contribution in [0.1, 0.15) is 32.1 Å². The second-order valence-corrected chi connectivity index (χ2v) is 8.68. The molecule has 0 aromatic rings. The third-order valence-corrected chi connectivity index (χ3v) is 6.72.